The smallest absolute Gasteiger partial charge is 0.276 e. The third-order valence-corrected chi connectivity index (χ3v) is 5.29. The van der Waals surface area contributed by atoms with Crippen LogP contribution in [0.1, 0.15) is 17.3 Å². The molecular formula is C18H15BrN4OS. The molecule has 0 aromatic heterocycles. The van der Waals surface area contributed by atoms with Gasteiger partial charge in [0.05, 0.1) is 5.36 Å². The van der Waals surface area contributed by atoms with E-state index in [-0.39, 0.29) is 12.1 Å². The number of thioether (sulfide) groups is 1. The molecule has 1 amide bonds. The van der Waals surface area contributed by atoms with Crippen molar-refractivity contribution in [3.05, 3.63) is 68.6 Å². The molecule has 2 heterocycles. The van der Waals surface area contributed by atoms with E-state index in [4.69, 9.17) is 4.99 Å². The number of amidine groups is 1. The Morgan fingerprint density at radius 3 is 2.80 bits per heavy atom. The standard InChI is InChI=1S/C18H15BrN4OS/c1-10-5-3-4-6-12(10)16-20-14-8-7-11(19)9-13(14)15-17(24)21-18(25-2)22-23(15)16/h3-9,16H,1-2H3,(H,21,22,24). The van der Waals surface area contributed by atoms with E-state index < -0.39 is 0 Å². The molecule has 126 valence electrons. The van der Waals surface area contributed by atoms with Gasteiger partial charge in [0.25, 0.3) is 5.91 Å². The number of hydrazone groups is 1. The largest absolute Gasteiger partial charge is 0.298 e. The summed E-state index contributed by atoms with van der Waals surface area (Å²) in [4.78, 5) is 17.7. The number of halogens is 1. The van der Waals surface area contributed by atoms with Crippen LogP contribution in [0.3, 0.4) is 0 Å². The first kappa shape index (κ1) is 16.4. The van der Waals surface area contributed by atoms with Crippen molar-refractivity contribution in [2.75, 3.05) is 6.26 Å². The Kier molecular flexibility index (Phi) is 4.13. The van der Waals surface area contributed by atoms with Crippen LogP contribution < -0.4 is 15.9 Å². The Hall–Kier alpha value is -2.12. The van der Waals surface area contributed by atoms with Gasteiger partial charge in [-0.2, -0.15) is 0 Å². The highest BCUT2D eigenvalue weighted by Crippen LogP contribution is 2.32. The number of hydrogen-bond donors (Lipinski definition) is 1. The second kappa shape index (κ2) is 6.31. The number of carbonyl (C=O) groups excluding carboxylic acids is 1. The van der Waals surface area contributed by atoms with Crippen molar-refractivity contribution in [2.24, 2.45) is 10.1 Å². The quantitative estimate of drug-likeness (QED) is 0.778. The van der Waals surface area contributed by atoms with E-state index >= 15 is 0 Å². The van der Waals surface area contributed by atoms with Gasteiger partial charge in [-0.05, 0) is 36.9 Å². The molecule has 0 radical (unpaired) electrons. The van der Waals surface area contributed by atoms with E-state index in [1.54, 1.807) is 5.01 Å². The lowest BCUT2D eigenvalue weighted by molar-refractivity contribution is -0.116. The Balaban J connectivity index is 2.03. The maximum atomic E-state index is 12.8. The monoisotopic (exact) mass is 414 g/mol. The molecule has 2 aromatic carbocycles. The Bertz CT molecular complexity index is 1030. The first-order valence-electron chi connectivity index (χ1n) is 7.75. The summed E-state index contributed by atoms with van der Waals surface area (Å²) in [6.45, 7) is 2.05. The molecule has 2 aliphatic heterocycles. The maximum Gasteiger partial charge on any atom is 0.276 e. The minimum absolute atomic E-state index is 0.160. The van der Waals surface area contributed by atoms with Gasteiger partial charge in [0.1, 0.15) is 5.70 Å². The molecule has 0 saturated carbocycles. The van der Waals surface area contributed by atoms with Gasteiger partial charge in [-0.25, -0.2) is 5.01 Å². The minimum Gasteiger partial charge on any atom is -0.298 e. The zero-order valence-electron chi connectivity index (χ0n) is 13.7. The molecule has 7 heteroatoms. The lowest BCUT2D eigenvalue weighted by Gasteiger charge is -2.34. The second-order valence-electron chi connectivity index (χ2n) is 5.78. The SMILES string of the molecule is CSC1=NN2C(=c3cc(Br)ccc3=NC2c2ccccc2C)C(=O)N1. The molecule has 4 rings (SSSR count). The molecule has 0 fully saturated rings. The average Bonchev–Trinajstić information content (AvgIpc) is 2.61. The Labute approximate surface area is 157 Å². The highest BCUT2D eigenvalue weighted by Gasteiger charge is 2.34. The summed E-state index contributed by atoms with van der Waals surface area (Å²) in [6, 6.07) is 13.8. The van der Waals surface area contributed by atoms with Crippen LogP contribution in [0.15, 0.2) is 57.0 Å². The number of fused-ring (bicyclic) bond motifs is 2. The summed E-state index contributed by atoms with van der Waals surface area (Å²) in [5.41, 5.74) is 2.67. The van der Waals surface area contributed by atoms with E-state index in [0.29, 0.717) is 10.9 Å². The highest BCUT2D eigenvalue weighted by atomic mass is 79.9. The van der Waals surface area contributed by atoms with Crippen molar-refractivity contribution in [3.63, 3.8) is 0 Å². The molecule has 0 aliphatic carbocycles. The van der Waals surface area contributed by atoms with Crippen LogP contribution in [0.5, 0.6) is 0 Å². The average molecular weight is 415 g/mol. The summed E-state index contributed by atoms with van der Waals surface area (Å²) in [7, 11) is 0. The van der Waals surface area contributed by atoms with Crippen LogP contribution in [0.2, 0.25) is 0 Å². The molecular weight excluding hydrogens is 400 g/mol. The summed E-state index contributed by atoms with van der Waals surface area (Å²) in [5, 5.41) is 11.4. The van der Waals surface area contributed by atoms with Gasteiger partial charge < -0.3 is 0 Å². The highest BCUT2D eigenvalue weighted by molar-refractivity contribution is 9.10. The lowest BCUT2D eigenvalue weighted by atomic mass is 10.0. The number of amides is 1. The molecule has 2 aliphatic rings. The van der Waals surface area contributed by atoms with Crippen LogP contribution in [-0.4, -0.2) is 22.3 Å². The van der Waals surface area contributed by atoms with Crippen molar-refractivity contribution < 1.29 is 4.79 Å². The Morgan fingerprint density at radius 2 is 2.04 bits per heavy atom. The number of nitrogens with one attached hydrogen (secondary N) is 1. The van der Waals surface area contributed by atoms with Crippen molar-refractivity contribution in [1.82, 2.24) is 10.3 Å². The number of aryl methyl sites for hydroxylation is 1. The van der Waals surface area contributed by atoms with E-state index in [9.17, 15) is 4.79 Å². The molecule has 5 nitrogen and oxygen atoms in total. The summed E-state index contributed by atoms with van der Waals surface area (Å²) >= 11 is 4.88. The Morgan fingerprint density at radius 1 is 1.24 bits per heavy atom. The van der Waals surface area contributed by atoms with Gasteiger partial charge in [0.15, 0.2) is 11.3 Å². The van der Waals surface area contributed by atoms with Gasteiger partial charge >= 0.3 is 0 Å². The molecule has 1 atom stereocenters. The van der Waals surface area contributed by atoms with Gasteiger partial charge in [0.2, 0.25) is 0 Å². The summed E-state index contributed by atoms with van der Waals surface area (Å²) in [6.07, 6.45) is 1.52. The number of hydrogen-bond acceptors (Lipinski definition) is 5. The van der Waals surface area contributed by atoms with Gasteiger partial charge in [-0.1, -0.05) is 52.0 Å². The summed E-state index contributed by atoms with van der Waals surface area (Å²) in [5.74, 6) is -0.160. The van der Waals surface area contributed by atoms with Gasteiger partial charge in [0, 0.05) is 15.3 Å². The lowest BCUT2D eigenvalue weighted by Crippen LogP contribution is -2.50. The third kappa shape index (κ3) is 2.77. The third-order valence-electron chi connectivity index (χ3n) is 4.23. The van der Waals surface area contributed by atoms with Crippen LogP contribution in [-0.2, 0) is 4.79 Å². The molecule has 0 saturated heterocycles. The second-order valence-corrected chi connectivity index (χ2v) is 7.49. The number of carbonyl (C=O) groups is 1. The zero-order valence-corrected chi connectivity index (χ0v) is 16.1. The van der Waals surface area contributed by atoms with Gasteiger partial charge in [-0.15, -0.1) is 5.10 Å². The predicted octanol–water partition coefficient (Wildman–Crippen LogP) is 2.26. The van der Waals surface area contributed by atoms with Crippen molar-refractivity contribution in [3.8, 4) is 0 Å². The molecule has 1 N–H and O–H groups in total. The van der Waals surface area contributed by atoms with Gasteiger partial charge in [-0.3, -0.25) is 15.1 Å². The number of benzene rings is 2. The number of nitrogens with zero attached hydrogens (tertiary/aromatic N) is 3. The minimum atomic E-state index is -0.363. The first-order valence-corrected chi connectivity index (χ1v) is 9.76. The van der Waals surface area contributed by atoms with Crippen LogP contribution in [0.4, 0.5) is 0 Å². The fourth-order valence-electron chi connectivity index (χ4n) is 3.02. The zero-order chi connectivity index (χ0) is 17.6. The van der Waals surface area contributed by atoms with E-state index in [1.165, 1.54) is 11.8 Å². The van der Waals surface area contributed by atoms with Crippen molar-refractivity contribution in [2.45, 2.75) is 13.1 Å². The van der Waals surface area contributed by atoms with Crippen LogP contribution in [0, 0.1) is 6.92 Å². The van der Waals surface area contributed by atoms with Crippen molar-refractivity contribution >= 4 is 44.5 Å². The summed E-state index contributed by atoms with van der Waals surface area (Å²) < 4.78 is 0.899. The fourth-order valence-corrected chi connectivity index (χ4v) is 3.75. The number of rotatable bonds is 1. The van der Waals surface area contributed by atoms with Crippen molar-refractivity contribution in [1.29, 1.82) is 0 Å². The first-order chi connectivity index (χ1) is 12.1. The molecule has 25 heavy (non-hydrogen) atoms. The topological polar surface area (TPSA) is 57.1 Å². The molecule has 0 bridgehead atoms. The molecule has 0 spiro atoms. The van der Waals surface area contributed by atoms with E-state index in [1.807, 2.05) is 55.6 Å². The predicted molar refractivity (Wildman–Crippen MR) is 103 cm³/mol. The maximum absolute atomic E-state index is 12.8. The van der Waals surface area contributed by atoms with Crippen LogP contribution in [0.25, 0.3) is 5.70 Å². The normalized spacial score (nSPS) is 18.8. The fraction of sp³-hybridized carbons (Fsp3) is 0.167. The van der Waals surface area contributed by atoms with E-state index in [0.717, 1.165) is 26.2 Å². The van der Waals surface area contributed by atoms with Crippen LogP contribution >= 0.6 is 27.7 Å². The molecule has 1 unspecified atom stereocenters. The van der Waals surface area contributed by atoms with E-state index in [2.05, 4.69) is 26.3 Å². The molecule has 2 aromatic rings.